The Bertz CT molecular complexity index is 289. The second-order valence-electron chi connectivity index (χ2n) is 6.06. The maximum Gasteiger partial charge on any atom is 0.320 e. The third-order valence-corrected chi connectivity index (χ3v) is 4.48. The van der Waals surface area contributed by atoms with E-state index < -0.39 is 0 Å². The molecular formula is C14H25N3O. The first-order valence-corrected chi connectivity index (χ1v) is 7.59. The van der Waals surface area contributed by atoms with Crippen molar-refractivity contribution in [3.63, 3.8) is 0 Å². The highest BCUT2D eigenvalue weighted by Crippen LogP contribution is 2.30. The van der Waals surface area contributed by atoms with Crippen molar-refractivity contribution in [2.75, 3.05) is 45.8 Å². The molecule has 2 amide bonds. The van der Waals surface area contributed by atoms with Gasteiger partial charge in [0, 0.05) is 45.8 Å². The number of nitrogens with zero attached hydrogens (tertiary/aromatic N) is 3. The molecule has 2 aliphatic heterocycles. The van der Waals surface area contributed by atoms with Crippen molar-refractivity contribution in [3.05, 3.63) is 0 Å². The molecular weight excluding hydrogens is 226 g/mol. The van der Waals surface area contributed by atoms with Crippen molar-refractivity contribution in [3.8, 4) is 0 Å². The van der Waals surface area contributed by atoms with Crippen LogP contribution < -0.4 is 0 Å². The molecule has 0 bridgehead atoms. The first-order valence-electron chi connectivity index (χ1n) is 7.59. The van der Waals surface area contributed by atoms with Gasteiger partial charge < -0.3 is 9.80 Å². The van der Waals surface area contributed by atoms with Gasteiger partial charge in [0.05, 0.1) is 0 Å². The monoisotopic (exact) mass is 251 g/mol. The van der Waals surface area contributed by atoms with Crippen molar-refractivity contribution < 1.29 is 4.79 Å². The lowest BCUT2D eigenvalue weighted by molar-refractivity contribution is 0.105. The van der Waals surface area contributed by atoms with E-state index in [1.54, 1.807) is 0 Å². The zero-order valence-electron chi connectivity index (χ0n) is 11.3. The first-order chi connectivity index (χ1) is 8.83. The summed E-state index contributed by atoms with van der Waals surface area (Å²) in [6.45, 7) is 7.24. The number of rotatable bonds is 2. The zero-order valence-corrected chi connectivity index (χ0v) is 11.3. The van der Waals surface area contributed by atoms with Gasteiger partial charge in [-0.3, -0.25) is 4.90 Å². The van der Waals surface area contributed by atoms with Crippen LogP contribution in [0, 0.1) is 5.92 Å². The van der Waals surface area contributed by atoms with Crippen LogP contribution in [0.2, 0.25) is 0 Å². The molecule has 0 N–H and O–H groups in total. The normalized spacial score (nSPS) is 26.4. The lowest BCUT2D eigenvalue weighted by Crippen LogP contribution is -2.53. The third kappa shape index (κ3) is 2.97. The highest BCUT2D eigenvalue weighted by Gasteiger charge is 2.29. The quantitative estimate of drug-likeness (QED) is 0.745. The highest BCUT2D eigenvalue weighted by molar-refractivity contribution is 5.74. The van der Waals surface area contributed by atoms with Crippen LogP contribution in [-0.4, -0.2) is 66.5 Å². The minimum atomic E-state index is 0.292. The second kappa shape index (κ2) is 5.47. The number of carbonyl (C=O) groups excluding carboxylic acids is 1. The summed E-state index contributed by atoms with van der Waals surface area (Å²) < 4.78 is 0. The molecule has 4 heteroatoms. The van der Waals surface area contributed by atoms with Gasteiger partial charge in [0.2, 0.25) is 0 Å². The predicted molar refractivity (Wildman–Crippen MR) is 71.6 cm³/mol. The van der Waals surface area contributed by atoms with Crippen LogP contribution in [-0.2, 0) is 0 Å². The van der Waals surface area contributed by atoms with E-state index in [1.807, 2.05) is 0 Å². The van der Waals surface area contributed by atoms with Crippen LogP contribution in [0.4, 0.5) is 4.79 Å². The van der Waals surface area contributed by atoms with Gasteiger partial charge in [-0.05, 0) is 38.0 Å². The third-order valence-electron chi connectivity index (χ3n) is 4.48. The number of carbonyl (C=O) groups is 1. The number of piperazine rings is 1. The molecule has 1 aliphatic carbocycles. The van der Waals surface area contributed by atoms with Crippen molar-refractivity contribution in [1.82, 2.24) is 14.7 Å². The summed E-state index contributed by atoms with van der Waals surface area (Å²) in [7, 11) is 0. The zero-order chi connectivity index (χ0) is 12.4. The van der Waals surface area contributed by atoms with E-state index in [0.717, 1.165) is 45.2 Å². The number of hydrogen-bond acceptors (Lipinski definition) is 2. The van der Waals surface area contributed by atoms with Crippen LogP contribution in [0.5, 0.6) is 0 Å². The molecule has 0 aromatic heterocycles. The van der Waals surface area contributed by atoms with Crippen molar-refractivity contribution >= 4 is 6.03 Å². The molecule has 2 saturated heterocycles. The largest absolute Gasteiger partial charge is 0.325 e. The number of piperidine rings is 1. The molecule has 1 saturated carbocycles. The average Bonchev–Trinajstić information content (AvgIpc) is 3.24. The van der Waals surface area contributed by atoms with Crippen LogP contribution in [0.15, 0.2) is 0 Å². The van der Waals surface area contributed by atoms with E-state index in [1.165, 1.54) is 38.6 Å². The van der Waals surface area contributed by atoms with Crippen molar-refractivity contribution in [2.24, 2.45) is 5.92 Å². The van der Waals surface area contributed by atoms with Gasteiger partial charge in [-0.1, -0.05) is 0 Å². The molecule has 0 radical (unpaired) electrons. The Morgan fingerprint density at radius 2 is 1.44 bits per heavy atom. The topological polar surface area (TPSA) is 26.8 Å². The summed E-state index contributed by atoms with van der Waals surface area (Å²) in [6, 6.07) is 0.292. The van der Waals surface area contributed by atoms with Crippen molar-refractivity contribution in [2.45, 2.75) is 32.1 Å². The summed E-state index contributed by atoms with van der Waals surface area (Å²) in [5, 5.41) is 0. The fourth-order valence-electron chi connectivity index (χ4n) is 3.07. The fourth-order valence-corrected chi connectivity index (χ4v) is 3.07. The Morgan fingerprint density at radius 1 is 0.833 bits per heavy atom. The minimum absolute atomic E-state index is 0.292. The van der Waals surface area contributed by atoms with Gasteiger partial charge in [-0.25, -0.2) is 4.79 Å². The molecule has 0 atom stereocenters. The molecule has 102 valence electrons. The molecule has 3 rings (SSSR count). The minimum Gasteiger partial charge on any atom is -0.325 e. The van der Waals surface area contributed by atoms with Gasteiger partial charge in [-0.2, -0.15) is 0 Å². The van der Waals surface area contributed by atoms with Gasteiger partial charge in [0.15, 0.2) is 0 Å². The van der Waals surface area contributed by atoms with E-state index in [2.05, 4.69) is 14.7 Å². The van der Waals surface area contributed by atoms with E-state index >= 15 is 0 Å². The van der Waals surface area contributed by atoms with E-state index in [4.69, 9.17) is 0 Å². The van der Waals surface area contributed by atoms with Gasteiger partial charge in [-0.15, -0.1) is 0 Å². The molecule has 3 fully saturated rings. The molecule has 18 heavy (non-hydrogen) atoms. The maximum absolute atomic E-state index is 12.3. The summed E-state index contributed by atoms with van der Waals surface area (Å²) in [6.07, 6.45) is 6.51. The Morgan fingerprint density at radius 3 is 2.06 bits per heavy atom. The van der Waals surface area contributed by atoms with Crippen LogP contribution in [0.25, 0.3) is 0 Å². The molecule has 0 spiro atoms. The Kier molecular flexibility index (Phi) is 3.73. The van der Waals surface area contributed by atoms with Gasteiger partial charge in [0.25, 0.3) is 0 Å². The highest BCUT2D eigenvalue weighted by atomic mass is 16.2. The van der Waals surface area contributed by atoms with Crippen molar-refractivity contribution in [1.29, 1.82) is 0 Å². The summed E-state index contributed by atoms with van der Waals surface area (Å²) in [4.78, 5) is 19.0. The van der Waals surface area contributed by atoms with Crippen LogP contribution >= 0.6 is 0 Å². The standard InChI is InChI=1S/C14H25N3O/c18-14(16-6-2-1-3-7-16)17-10-8-15(9-11-17)12-13-4-5-13/h13H,1-12H2. The SMILES string of the molecule is O=C(N1CCCCC1)N1CCN(CC2CC2)CC1. The summed E-state index contributed by atoms with van der Waals surface area (Å²) in [5.41, 5.74) is 0. The average molecular weight is 251 g/mol. The second-order valence-corrected chi connectivity index (χ2v) is 6.06. The summed E-state index contributed by atoms with van der Waals surface area (Å²) >= 11 is 0. The van der Waals surface area contributed by atoms with Crippen LogP contribution in [0.1, 0.15) is 32.1 Å². The summed E-state index contributed by atoms with van der Waals surface area (Å²) in [5.74, 6) is 0.967. The van der Waals surface area contributed by atoms with Gasteiger partial charge >= 0.3 is 6.03 Å². The number of urea groups is 1. The van der Waals surface area contributed by atoms with E-state index in [0.29, 0.717) is 6.03 Å². The number of amides is 2. The van der Waals surface area contributed by atoms with E-state index in [9.17, 15) is 4.79 Å². The fraction of sp³-hybridized carbons (Fsp3) is 0.929. The molecule has 0 aromatic carbocycles. The number of hydrogen-bond donors (Lipinski definition) is 0. The Balaban J connectivity index is 1.44. The molecule has 0 unspecified atom stereocenters. The molecule has 2 heterocycles. The predicted octanol–water partition coefficient (Wildman–Crippen LogP) is 1.62. The lowest BCUT2D eigenvalue weighted by Gasteiger charge is -2.38. The first kappa shape index (κ1) is 12.3. The number of likely N-dealkylation sites (tertiary alicyclic amines) is 1. The smallest absolute Gasteiger partial charge is 0.320 e. The Labute approximate surface area is 110 Å². The molecule has 0 aromatic rings. The molecule has 4 nitrogen and oxygen atoms in total. The molecule has 3 aliphatic rings. The Hall–Kier alpha value is -0.770. The van der Waals surface area contributed by atoms with E-state index in [-0.39, 0.29) is 0 Å². The van der Waals surface area contributed by atoms with Crippen LogP contribution in [0.3, 0.4) is 0 Å². The lowest BCUT2D eigenvalue weighted by atomic mass is 10.1. The van der Waals surface area contributed by atoms with Gasteiger partial charge in [0.1, 0.15) is 0 Å². The maximum atomic E-state index is 12.3.